The van der Waals surface area contributed by atoms with Gasteiger partial charge < -0.3 is 9.42 Å². The van der Waals surface area contributed by atoms with Crippen LogP contribution in [-0.2, 0) is 6.54 Å². The second-order valence-electron chi connectivity index (χ2n) is 7.00. The molecule has 3 rings (SSSR count). The maximum Gasteiger partial charge on any atom is 0.254 e. The molecule has 1 unspecified atom stereocenters. The van der Waals surface area contributed by atoms with Gasteiger partial charge in [-0.3, -0.25) is 14.7 Å². The molecule has 7 heteroatoms. The van der Waals surface area contributed by atoms with Crippen LogP contribution in [0.2, 0.25) is 0 Å². The zero-order chi connectivity index (χ0) is 18.0. The van der Waals surface area contributed by atoms with Crippen LogP contribution in [-0.4, -0.2) is 57.0 Å². The molecule has 1 aliphatic rings. The maximum absolute atomic E-state index is 12.6. The molecule has 1 saturated heterocycles. The van der Waals surface area contributed by atoms with Gasteiger partial charge in [0, 0.05) is 42.5 Å². The van der Waals surface area contributed by atoms with E-state index in [-0.39, 0.29) is 11.8 Å². The van der Waals surface area contributed by atoms with E-state index < -0.39 is 0 Å². The second-order valence-corrected chi connectivity index (χ2v) is 7.00. The first-order valence-electron chi connectivity index (χ1n) is 8.68. The fourth-order valence-electron chi connectivity index (χ4n) is 3.07. The minimum Gasteiger partial charge on any atom is -0.339 e. The summed E-state index contributed by atoms with van der Waals surface area (Å²) in [5.74, 6) is 1.67. The number of hydrogen-bond acceptors (Lipinski definition) is 6. The van der Waals surface area contributed by atoms with Gasteiger partial charge in [-0.05, 0) is 32.5 Å². The molecule has 0 aliphatic carbocycles. The number of hydrogen-bond donors (Lipinski definition) is 0. The summed E-state index contributed by atoms with van der Waals surface area (Å²) in [6, 6.07) is 3.92. The predicted molar refractivity (Wildman–Crippen MR) is 93.1 cm³/mol. The van der Waals surface area contributed by atoms with Crippen LogP contribution in [0.5, 0.6) is 0 Å². The van der Waals surface area contributed by atoms with Crippen molar-refractivity contribution in [1.29, 1.82) is 0 Å². The van der Waals surface area contributed by atoms with E-state index >= 15 is 0 Å². The highest BCUT2D eigenvalue weighted by Gasteiger charge is 2.30. The Morgan fingerprint density at radius 2 is 2.28 bits per heavy atom. The zero-order valence-electron chi connectivity index (χ0n) is 15.3. The largest absolute Gasteiger partial charge is 0.339 e. The molecule has 2 aromatic heterocycles. The Morgan fingerprint density at radius 1 is 1.48 bits per heavy atom. The number of aryl methyl sites for hydroxylation is 1. The van der Waals surface area contributed by atoms with Crippen molar-refractivity contribution in [3.8, 4) is 0 Å². The lowest BCUT2D eigenvalue weighted by molar-refractivity contribution is 0.0779. The van der Waals surface area contributed by atoms with E-state index in [4.69, 9.17) is 4.52 Å². The Morgan fingerprint density at radius 3 is 2.96 bits per heavy atom. The Balaban J connectivity index is 1.59. The third-order valence-corrected chi connectivity index (χ3v) is 4.59. The standard InChI is InChI=1S/C18H25N5O2/c1-12(2)17-20-16(21-25-17)11-22(4)15-6-8-23(10-15)18(24)14-5-7-19-13(3)9-14/h5,7,9,12,15H,6,8,10-11H2,1-4H3. The molecule has 1 amide bonds. The minimum absolute atomic E-state index is 0.0723. The highest BCUT2D eigenvalue weighted by Crippen LogP contribution is 2.19. The van der Waals surface area contributed by atoms with Crippen molar-refractivity contribution in [1.82, 2.24) is 24.9 Å². The molecule has 2 aromatic rings. The third kappa shape index (κ3) is 4.04. The number of carbonyl (C=O) groups is 1. The van der Waals surface area contributed by atoms with Gasteiger partial charge in [0.25, 0.3) is 5.91 Å². The van der Waals surface area contributed by atoms with Crippen LogP contribution in [0, 0.1) is 6.92 Å². The summed E-state index contributed by atoms with van der Waals surface area (Å²) in [5, 5.41) is 4.04. The molecule has 0 saturated carbocycles. The van der Waals surface area contributed by atoms with Crippen molar-refractivity contribution < 1.29 is 9.32 Å². The number of carbonyl (C=O) groups excluding carboxylic acids is 1. The molecule has 0 aromatic carbocycles. The van der Waals surface area contributed by atoms with Crippen LogP contribution in [0.3, 0.4) is 0 Å². The van der Waals surface area contributed by atoms with E-state index in [1.807, 2.05) is 38.8 Å². The number of amides is 1. The van der Waals surface area contributed by atoms with Crippen LogP contribution in [0.15, 0.2) is 22.9 Å². The van der Waals surface area contributed by atoms with Crippen molar-refractivity contribution in [2.45, 2.75) is 45.7 Å². The van der Waals surface area contributed by atoms with Gasteiger partial charge >= 0.3 is 0 Å². The lowest BCUT2D eigenvalue weighted by atomic mass is 10.2. The van der Waals surface area contributed by atoms with E-state index in [0.717, 1.165) is 18.7 Å². The highest BCUT2D eigenvalue weighted by atomic mass is 16.5. The molecule has 7 nitrogen and oxygen atoms in total. The Bertz CT molecular complexity index is 743. The Kier molecular flexibility index (Phi) is 5.13. The minimum atomic E-state index is 0.0723. The molecule has 1 aliphatic heterocycles. The van der Waals surface area contributed by atoms with Gasteiger partial charge in [0.2, 0.25) is 5.89 Å². The quantitative estimate of drug-likeness (QED) is 0.829. The molecule has 0 bridgehead atoms. The summed E-state index contributed by atoms with van der Waals surface area (Å²) < 4.78 is 5.26. The molecule has 1 atom stereocenters. The summed E-state index contributed by atoms with van der Waals surface area (Å²) in [7, 11) is 2.04. The number of pyridine rings is 1. The number of rotatable bonds is 5. The van der Waals surface area contributed by atoms with E-state index in [0.29, 0.717) is 36.4 Å². The van der Waals surface area contributed by atoms with Crippen molar-refractivity contribution >= 4 is 5.91 Å². The zero-order valence-corrected chi connectivity index (χ0v) is 15.3. The first-order valence-corrected chi connectivity index (χ1v) is 8.68. The van der Waals surface area contributed by atoms with E-state index in [1.54, 1.807) is 12.3 Å². The molecular weight excluding hydrogens is 318 g/mol. The second kappa shape index (κ2) is 7.31. The lowest BCUT2D eigenvalue weighted by Gasteiger charge is -2.23. The third-order valence-electron chi connectivity index (χ3n) is 4.59. The van der Waals surface area contributed by atoms with Crippen LogP contribution in [0.25, 0.3) is 0 Å². The fourth-order valence-corrected chi connectivity index (χ4v) is 3.07. The first kappa shape index (κ1) is 17.5. The average Bonchev–Trinajstić information content (AvgIpc) is 3.23. The molecule has 0 N–H and O–H groups in total. The SMILES string of the molecule is Cc1cc(C(=O)N2CCC(N(C)Cc3noc(C(C)C)n3)C2)ccn1. The molecular formula is C18H25N5O2. The Labute approximate surface area is 148 Å². The Hall–Kier alpha value is -2.28. The molecule has 0 spiro atoms. The van der Waals surface area contributed by atoms with Crippen LogP contribution < -0.4 is 0 Å². The molecule has 3 heterocycles. The number of likely N-dealkylation sites (N-methyl/N-ethyl adjacent to an activating group) is 1. The van der Waals surface area contributed by atoms with Crippen LogP contribution in [0.4, 0.5) is 0 Å². The van der Waals surface area contributed by atoms with Crippen molar-refractivity contribution in [3.63, 3.8) is 0 Å². The average molecular weight is 343 g/mol. The molecule has 1 fully saturated rings. The summed E-state index contributed by atoms with van der Waals surface area (Å²) in [6.07, 6.45) is 2.63. The van der Waals surface area contributed by atoms with Crippen molar-refractivity contribution in [2.75, 3.05) is 20.1 Å². The summed E-state index contributed by atoms with van der Waals surface area (Å²) in [5.41, 5.74) is 1.56. The number of nitrogens with zero attached hydrogens (tertiary/aromatic N) is 5. The van der Waals surface area contributed by atoms with Crippen molar-refractivity contribution in [2.24, 2.45) is 0 Å². The van der Waals surface area contributed by atoms with E-state index in [1.165, 1.54) is 0 Å². The summed E-state index contributed by atoms with van der Waals surface area (Å²) >= 11 is 0. The van der Waals surface area contributed by atoms with Gasteiger partial charge in [-0.1, -0.05) is 19.0 Å². The highest BCUT2D eigenvalue weighted by molar-refractivity contribution is 5.94. The number of aromatic nitrogens is 3. The van der Waals surface area contributed by atoms with E-state index in [9.17, 15) is 4.79 Å². The fraction of sp³-hybridized carbons (Fsp3) is 0.556. The molecule has 0 radical (unpaired) electrons. The first-order chi connectivity index (χ1) is 11.9. The topological polar surface area (TPSA) is 75.4 Å². The summed E-state index contributed by atoms with van der Waals surface area (Å²) in [4.78, 5) is 25.3. The maximum atomic E-state index is 12.6. The molecule has 134 valence electrons. The van der Waals surface area contributed by atoms with Gasteiger partial charge in [0.15, 0.2) is 5.82 Å². The lowest BCUT2D eigenvalue weighted by Crippen LogP contribution is -2.36. The van der Waals surface area contributed by atoms with Gasteiger partial charge in [0.05, 0.1) is 6.54 Å². The van der Waals surface area contributed by atoms with Gasteiger partial charge in [-0.25, -0.2) is 0 Å². The number of likely N-dealkylation sites (tertiary alicyclic amines) is 1. The predicted octanol–water partition coefficient (Wildman–Crippen LogP) is 2.24. The summed E-state index contributed by atoms with van der Waals surface area (Å²) in [6.45, 7) is 8.06. The van der Waals surface area contributed by atoms with Gasteiger partial charge in [-0.2, -0.15) is 4.98 Å². The monoisotopic (exact) mass is 343 g/mol. The van der Waals surface area contributed by atoms with Crippen LogP contribution in [0.1, 0.15) is 54.0 Å². The van der Waals surface area contributed by atoms with Gasteiger partial charge in [-0.15, -0.1) is 0 Å². The van der Waals surface area contributed by atoms with Gasteiger partial charge in [0.1, 0.15) is 0 Å². The van der Waals surface area contributed by atoms with E-state index in [2.05, 4.69) is 20.0 Å². The normalized spacial score (nSPS) is 17.7. The van der Waals surface area contributed by atoms with Crippen molar-refractivity contribution in [3.05, 3.63) is 41.3 Å². The van der Waals surface area contributed by atoms with Crippen LogP contribution >= 0.6 is 0 Å². The molecule has 25 heavy (non-hydrogen) atoms. The smallest absolute Gasteiger partial charge is 0.254 e.